The number of carbonyl (C=O) groups excluding carboxylic acids is 2. The lowest BCUT2D eigenvalue weighted by atomic mass is 10.2. The van der Waals surface area contributed by atoms with Gasteiger partial charge in [0.05, 0.1) is 11.5 Å². The molecule has 2 aromatic carbocycles. The van der Waals surface area contributed by atoms with Gasteiger partial charge in [-0.15, -0.1) is 0 Å². The number of nitrogens with one attached hydrogen (secondary N) is 2. The largest absolute Gasteiger partial charge is 0.325 e. The summed E-state index contributed by atoms with van der Waals surface area (Å²) >= 11 is 0. The summed E-state index contributed by atoms with van der Waals surface area (Å²) in [6.45, 7) is 4.00. The summed E-state index contributed by atoms with van der Waals surface area (Å²) in [6.07, 6.45) is 0. The summed E-state index contributed by atoms with van der Waals surface area (Å²) < 4.78 is 0. The minimum atomic E-state index is -0.0738. The molecule has 0 bridgehead atoms. The Morgan fingerprint density at radius 1 is 0.708 bits per heavy atom. The van der Waals surface area contributed by atoms with E-state index in [4.69, 9.17) is 0 Å². The Balaban J connectivity index is 1.63. The second-order valence-corrected chi connectivity index (χ2v) is 7.82. The van der Waals surface area contributed by atoms with E-state index in [-0.39, 0.29) is 11.8 Å². The van der Waals surface area contributed by atoms with Crippen molar-refractivity contribution in [3.05, 3.63) is 59.7 Å². The second-order valence-electron chi connectivity index (χ2n) is 5.35. The van der Waals surface area contributed by atoms with Crippen LogP contribution in [0.3, 0.4) is 0 Å². The third-order valence-corrected chi connectivity index (χ3v) is 5.27. The molecule has 0 aliphatic carbocycles. The lowest BCUT2D eigenvalue weighted by molar-refractivity contribution is -0.114. The zero-order valence-corrected chi connectivity index (χ0v) is 15.3. The summed E-state index contributed by atoms with van der Waals surface area (Å²) in [6, 6.07) is 15.3. The van der Waals surface area contributed by atoms with Crippen LogP contribution in [0.5, 0.6) is 0 Å². The van der Waals surface area contributed by atoms with Crippen LogP contribution in [-0.4, -0.2) is 23.3 Å². The molecule has 126 valence electrons. The van der Waals surface area contributed by atoms with Crippen LogP contribution in [0.2, 0.25) is 0 Å². The fourth-order valence-electron chi connectivity index (χ4n) is 1.86. The molecule has 0 radical (unpaired) electrons. The molecule has 0 aliphatic heterocycles. The maximum atomic E-state index is 11.8. The normalized spacial score (nSPS) is 10.2. The molecule has 0 aliphatic rings. The lowest BCUT2D eigenvalue weighted by Crippen LogP contribution is -2.15. The number of benzene rings is 2. The smallest absolute Gasteiger partial charge is 0.235 e. The van der Waals surface area contributed by atoms with E-state index >= 15 is 0 Å². The van der Waals surface area contributed by atoms with Gasteiger partial charge >= 0.3 is 0 Å². The highest BCUT2D eigenvalue weighted by Crippen LogP contribution is 2.22. The summed E-state index contributed by atoms with van der Waals surface area (Å²) in [7, 11) is 2.74. The molecule has 0 heterocycles. The first-order valence-corrected chi connectivity index (χ1v) is 9.99. The summed E-state index contributed by atoms with van der Waals surface area (Å²) in [5, 5.41) is 5.66. The van der Waals surface area contributed by atoms with Crippen molar-refractivity contribution in [2.45, 2.75) is 13.8 Å². The Hall–Kier alpha value is -1.92. The minimum absolute atomic E-state index is 0.0738. The molecular weight excluding hydrogens is 340 g/mol. The Kier molecular flexibility index (Phi) is 7.21. The molecule has 2 aromatic rings. The Morgan fingerprint density at radius 2 is 1.04 bits per heavy atom. The molecule has 0 saturated carbocycles. The van der Waals surface area contributed by atoms with Crippen molar-refractivity contribution in [2.75, 3.05) is 22.1 Å². The van der Waals surface area contributed by atoms with Crippen LogP contribution in [0, 0.1) is 13.8 Å². The van der Waals surface area contributed by atoms with Gasteiger partial charge in [-0.3, -0.25) is 9.59 Å². The molecule has 0 aromatic heterocycles. The number of hydrogen-bond acceptors (Lipinski definition) is 4. The zero-order valence-electron chi connectivity index (χ0n) is 13.7. The van der Waals surface area contributed by atoms with Crippen LogP contribution in [0.1, 0.15) is 11.1 Å². The van der Waals surface area contributed by atoms with E-state index in [1.807, 2.05) is 62.4 Å². The fourth-order valence-corrected chi connectivity index (χ4v) is 3.53. The maximum absolute atomic E-state index is 11.8. The Bertz CT molecular complexity index is 624. The van der Waals surface area contributed by atoms with Gasteiger partial charge in [0.2, 0.25) is 11.8 Å². The number of amides is 2. The van der Waals surface area contributed by atoms with Gasteiger partial charge in [0.15, 0.2) is 0 Å². The number of aryl methyl sites for hydroxylation is 2. The van der Waals surface area contributed by atoms with Crippen LogP contribution < -0.4 is 10.6 Å². The van der Waals surface area contributed by atoms with Crippen LogP contribution in [0.25, 0.3) is 0 Å². The van der Waals surface area contributed by atoms with Gasteiger partial charge in [-0.05, 0) is 38.1 Å². The number of rotatable bonds is 7. The maximum Gasteiger partial charge on any atom is 0.235 e. The van der Waals surface area contributed by atoms with Gasteiger partial charge in [0.25, 0.3) is 0 Å². The highest BCUT2D eigenvalue weighted by molar-refractivity contribution is 8.77. The van der Waals surface area contributed by atoms with Crippen LogP contribution in [0.4, 0.5) is 11.4 Å². The number of carbonyl (C=O) groups is 2. The van der Waals surface area contributed by atoms with Gasteiger partial charge in [-0.25, -0.2) is 0 Å². The standard InChI is InChI=1S/C18H20N2O2S2/c1-13-3-7-15(8-4-13)19-17(21)11-23-24-12-18(22)20-16-9-5-14(2)6-10-16/h3-10H,11-12H2,1-2H3,(H,19,21)(H,20,22). The lowest BCUT2D eigenvalue weighted by Gasteiger charge is -2.06. The molecular formula is C18H20N2O2S2. The average molecular weight is 361 g/mol. The SMILES string of the molecule is Cc1ccc(NC(=O)CSSCC(=O)Nc2ccc(C)cc2)cc1. The van der Waals surface area contributed by atoms with Crippen molar-refractivity contribution in [1.82, 2.24) is 0 Å². The average Bonchev–Trinajstić information content (AvgIpc) is 2.56. The molecule has 2 N–H and O–H groups in total. The van der Waals surface area contributed by atoms with Crippen molar-refractivity contribution in [3.63, 3.8) is 0 Å². The van der Waals surface area contributed by atoms with Crippen molar-refractivity contribution in [1.29, 1.82) is 0 Å². The minimum Gasteiger partial charge on any atom is -0.325 e. The quantitative estimate of drug-likeness (QED) is 0.572. The molecule has 0 fully saturated rings. The van der Waals surface area contributed by atoms with Crippen molar-refractivity contribution in [3.8, 4) is 0 Å². The molecule has 0 spiro atoms. The van der Waals surface area contributed by atoms with Crippen molar-refractivity contribution in [2.24, 2.45) is 0 Å². The first-order valence-electron chi connectivity index (χ1n) is 7.50. The van der Waals surface area contributed by atoms with Crippen LogP contribution in [0.15, 0.2) is 48.5 Å². The summed E-state index contributed by atoms with van der Waals surface area (Å²) in [5.41, 5.74) is 3.87. The van der Waals surface area contributed by atoms with Crippen molar-refractivity contribution >= 4 is 44.8 Å². The third-order valence-electron chi connectivity index (χ3n) is 3.13. The fraction of sp³-hybridized carbons (Fsp3) is 0.222. The highest BCUT2D eigenvalue weighted by atomic mass is 33.1. The molecule has 6 heteroatoms. The first kappa shape index (κ1) is 18.4. The molecule has 0 unspecified atom stereocenters. The monoisotopic (exact) mass is 360 g/mol. The van der Waals surface area contributed by atoms with E-state index in [2.05, 4.69) is 10.6 Å². The predicted octanol–water partition coefficient (Wildman–Crippen LogP) is 4.26. The number of anilines is 2. The molecule has 4 nitrogen and oxygen atoms in total. The van der Waals surface area contributed by atoms with E-state index in [1.165, 1.54) is 21.6 Å². The number of hydrogen-bond donors (Lipinski definition) is 2. The topological polar surface area (TPSA) is 58.2 Å². The first-order chi connectivity index (χ1) is 11.5. The summed E-state index contributed by atoms with van der Waals surface area (Å²) in [4.78, 5) is 23.6. The molecule has 2 rings (SSSR count). The summed E-state index contributed by atoms with van der Waals surface area (Å²) in [5.74, 6) is 0.456. The molecule has 0 atom stereocenters. The third kappa shape index (κ3) is 6.68. The van der Waals surface area contributed by atoms with E-state index < -0.39 is 0 Å². The van der Waals surface area contributed by atoms with E-state index in [1.54, 1.807) is 0 Å². The predicted molar refractivity (Wildman–Crippen MR) is 105 cm³/mol. The second kappa shape index (κ2) is 9.39. The molecule has 0 saturated heterocycles. The van der Waals surface area contributed by atoms with E-state index in [9.17, 15) is 9.59 Å². The highest BCUT2D eigenvalue weighted by Gasteiger charge is 2.06. The van der Waals surface area contributed by atoms with E-state index in [0.717, 1.165) is 22.5 Å². The Morgan fingerprint density at radius 3 is 1.38 bits per heavy atom. The van der Waals surface area contributed by atoms with Crippen LogP contribution in [-0.2, 0) is 9.59 Å². The molecule has 2 amide bonds. The van der Waals surface area contributed by atoms with Gasteiger partial charge in [-0.1, -0.05) is 57.0 Å². The van der Waals surface area contributed by atoms with E-state index in [0.29, 0.717) is 11.5 Å². The van der Waals surface area contributed by atoms with Crippen LogP contribution >= 0.6 is 21.6 Å². The zero-order chi connectivity index (χ0) is 17.4. The van der Waals surface area contributed by atoms with Gasteiger partial charge < -0.3 is 10.6 Å². The van der Waals surface area contributed by atoms with Gasteiger partial charge in [0.1, 0.15) is 0 Å². The molecule has 24 heavy (non-hydrogen) atoms. The van der Waals surface area contributed by atoms with Gasteiger partial charge in [0, 0.05) is 11.4 Å². The Labute approximate surface area is 150 Å². The van der Waals surface area contributed by atoms with Crippen molar-refractivity contribution < 1.29 is 9.59 Å². The van der Waals surface area contributed by atoms with Gasteiger partial charge in [-0.2, -0.15) is 0 Å².